The summed E-state index contributed by atoms with van der Waals surface area (Å²) >= 11 is 0. The summed E-state index contributed by atoms with van der Waals surface area (Å²) in [7, 11) is 3.06. The molecule has 52 heavy (non-hydrogen) atoms. The number of carbonyl (C=O) groups is 2. The Kier molecular flexibility index (Phi) is 12.7. The SMILES string of the molecule is CCN(C(=O)c1cn(-c2cc(OC)cc(OC)c2)c2cc(OCCCCCCC[N+]34CCC(CC3)C(=O)C4)ccc2c1=O)c1cc(F)cc(F)c1.[Br-]. The lowest BCUT2D eigenvalue weighted by molar-refractivity contribution is -0.931. The van der Waals surface area contributed by atoms with Crippen LogP contribution in [0.5, 0.6) is 17.2 Å². The van der Waals surface area contributed by atoms with Gasteiger partial charge in [-0.25, -0.2) is 8.78 Å². The zero-order chi connectivity index (χ0) is 36.1. The first kappa shape index (κ1) is 38.9. The normalized spacial score (nSPS) is 17.9. The molecule has 3 aromatic carbocycles. The molecular weight excluding hydrogens is 736 g/mol. The lowest BCUT2D eigenvalue weighted by Gasteiger charge is -2.48. The van der Waals surface area contributed by atoms with E-state index < -0.39 is 23.0 Å². The molecule has 2 bridgehead atoms. The van der Waals surface area contributed by atoms with Crippen molar-refractivity contribution in [1.82, 2.24) is 4.57 Å². The van der Waals surface area contributed by atoms with E-state index >= 15 is 0 Å². The van der Waals surface area contributed by atoms with Crippen LogP contribution in [0.4, 0.5) is 14.5 Å². The van der Waals surface area contributed by atoms with Crippen molar-refractivity contribution in [1.29, 1.82) is 0 Å². The van der Waals surface area contributed by atoms with E-state index in [0.29, 0.717) is 46.8 Å². The van der Waals surface area contributed by atoms with Gasteiger partial charge in [-0.3, -0.25) is 14.4 Å². The van der Waals surface area contributed by atoms with Gasteiger partial charge in [-0.05, 0) is 50.5 Å². The van der Waals surface area contributed by atoms with Gasteiger partial charge >= 0.3 is 0 Å². The highest BCUT2D eigenvalue weighted by molar-refractivity contribution is 6.07. The number of methoxy groups -OCH3 is 2. The zero-order valence-corrected chi connectivity index (χ0v) is 31.6. The monoisotopic (exact) mass is 781 g/mol. The Morgan fingerprint density at radius 3 is 2.15 bits per heavy atom. The summed E-state index contributed by atoms with van der Waals surface area (Å²) in [5.41, 5.74) is 0.366. The molecule has 0 N–H and O–H groups in total. The van der Waals surface area contributed by atoms with E-state index in [9.17, 15) is 23.2 Å². The third-order valence-corrected chi connectivity index (χ3v) is 10.4. The Morgan fingerprint density at radius 2 is 1.52 bits per heavy atom. The highest BCUT2D eigenvalue weighted by Crippen LogP contribution is 2.32. The van der Waals surface area contributed by atoms with Crippen molar-refractivity contribution < 1.29 is 54.0 Å². The Hall–Kier alpha value is -4.29. The summed E-state index contributed by atoms with van der Waals surface area (Å²) < 4.78 is 48.1. The minimum absolute atomic E-state index is 0. The highest BCUT2D eigenvalue weighted by Gasteiger charge is 2.44. The van der Waals surface area contributed by atoms with Crippen molar-refractivity contribution in [3.05, 3.63) is 88.2 Å². The number of hydrogen-bond donors (Lipinski definition) is 0. The van der Waals surface area contributed by atoms with Crippen molar-refractivity contribution in [2.75, 3.05) is 58.5 Å². The maximum Gasteiger partial charge on any atom is 0.263 e. The van der Waals surface area contributed by atoms with E-state index in [-0.39, 0.29) is 40.2 Å². The van der Waals surface area contributed by atoms with E-state index in [4.69, 9.17) is 14.2 Å². The topological polar surface area (TPSA) is 87.1 Å². The molecule has 1 aromatic heterocycles. The number of Topliss-reactive ketones (excluding diaryl/α,β-unsaturated/α-hetero) is 1. The number of unbranched alkanes of at least 4 members (excludes halogenated alkanes) is 4. The van der Waals surface area contributed by atoms with Crippen molar-refractivity contribution in [2.24, 2.45) is 5.92 Å². The molecule has 4 aromatic rings. The van der Waals surface area contributed by atoms with Crippen LogP contribution < -0.4 is 41.5 Å². The number of amides is 1. The van der Waals surface area contributed by atoms with Gasteiger partial charge in [0.05, 0.1) is 51.7 Å². The number of benzene rings is 3. The van der Waals surface area contributed by atoms with Gasteiger partial charge in [0.2, 0.25) is 5.43 Å². The number of ketones is 1. The minimum atomic E-state index is -0.831. The first-order valence-electron chi connectivity index (χ1n) is 17.8. The summed E-state index contributed by atoms with van der Waals surface area (Å²) in [5.74, 6) is 0.00441. The molecule has 3 saturated heterocycles. The van der Waals surface area contributed by atoms with Gasteiger partial charge < -0.3 is 45.1 Å². The van der Waals surface area contributed by atoms with E-state index in [0.717, 1.165) is 93.8 Å². The number of aromatic nitrogens is 1. The van der Waals surface area contributed by atoms with E-state index in [1.54, 1.807) is 47.9 Å². The molecule has 3 aliphatic heterocycles. The lowest BCUT2D eigenvalue weighted by atomic mass is 9.84. The van der Waals surface area contributed by atoms with Crippen molar-refractivity contribution in [3.63, 3.8) is 0 Å². The summed E-state index contributed by atoms with van der Waals surface area (Å²) in [6, 6.07) is 13.2. The van der Waals surface area contributed by atoms with Crippen LogP contribution in [0.2, 0.25) is 0 Å². The van der Waals surface area contributed by atoms with Crippen molar-refractivity contribution >= 4 is 28.3 Å². The Balaban J connectivity index is 0.00000523. The van der Waals surface area contributed by atoms with Gasteiger partial charge in [-0.2, -0.15) is 0 Å². The molecule has 1 amide bonds. The lowest BCUT2D eigenvalue weighted by Crippen LogP contribution is -3.00. The second-order valence-corrected chi connectivity index (χ2v) is 13.7. The first-order valence-corrected chi connectivity index (χ1v) is 17.8. The van der Waals surface area contributed by atoms with Gasteiger partial charge in [-0.15, -0.1) is 0 Å². The second-order valence-electron chi connectivity index (χ2n) is 13.7. The van der Waals surface area contributed by atoms with Crippen LogP contribution in [0.1, 0.15) is 62.2 Å². The summed E-state index contributed by atoms with van der Waals surface area (Å²) in [6.07, 6.45) is 8.83. The van der Waals surface area contributed by atoms with Gasteiger partial charge in [0.15, 0.2) is 5.78 Å². The average molecular weight is 783 g/mol. The number of nitrogens with zero attached hydrogens (tertiary/aromatic N) is 3. The van der Waals surface area contributed by atoms with Crippen LogP contribution >= 0.6 is 0 Å². The van der Waals surface area contributed by atoms with Crippen molar-refractivity contribution in [2.45, 2.75) is 51.9 Å². The molecule has 0 atom stereocenters. The highest BCUT2D eigenvalue weighted by atomic mass is 79.9. The predicted octanol–water partition coefficient (Wildman–Crippen LogP) is 4.10. The number of fused-ring (bicyclic) bond motifs is 4. The Bertz CT molecular complexity index is 1930. The standard InChI is InChI=1S/C40H46F2N3O6.BrH/c1-4-43(30-19-28(41)18-29(42)20-30)40(48)36-25-44(31-21-33(49-2)23-34(22-31)50-3)37-24-32(10-11-35(37)39(36)47)51-17-9-7-5-6-8-14-45-15-12-27(13-16-45)38(46)26-45;/h10-11,18-25,27H,4-9,12-17,26H2,1-3H3;1H/q+1;/p-1. The van der Waals surface area contributed by atoms with Crippen molar-refractivity contribution in [3.8, 4) is 22.9 Å². The molecule has 0 aliphatic carbocycles. The van der Waals surface area contributed by atoms with Gasteiger partial charge in [0.25, 0.3) is 5.91 Å². The second kappa shape index (κ2) is 17.0. The summed E-state index contributed by atoms with van der Waals surface area (Å²) in [4.78, 5) is 41.3. The fraction of sp³-hybridized carbons (Fsp3) is 0.425. The molecule has 278 valence electrons. The first-order chi connectivity index (χ1) is 24.6. The third kappa shape index (κ3) is 8.50. The zero-order valence-electron chi connectivity index (χ0n) is 30.0. The number of anilines is 1. The fourth-order valence-corrected chi connectivity index (χ4v) is 7.60. The van der Waals surface area contributed by atoms with Crippen LogP contribution in [0.15, 0.2) is 65.6 Å². The number of hydrogen-bond acceptors (Lipinski definition) is 6. The molecule has 9 nitrogen and oxygen atoms in total. The van der Waals surface area contributed by atoms with Crippen LogP contribution in [0, 0.1) is 17.6 Å². The molecule has 0 saturated carbocycles. The Morgan fingerprint density at radius 1 is 0.865 bits per heavy atom. The number of rotatable bonds is 15. The van der Waals surface area contributed by atoms with Gasteiger partial charge in [0.1, 0.15) is 41.0 Å². The van der Waals surface area contributed by atoms with Gasteiger partial charge in [-0.1, -0.05) is 12.8 Å². The fourth-order valence-electron chi connectivity index (χ4n) is 7.60. The number of pyridine rings is 1. The number of carbonyl (C=O) groups excluding carboxylic acids is 2. The minimum Gasteiger partial charge on any atom is -1.00 e. The summed E-state index contributed by atoms with van der Waals surface area (Å²) in [6.45, 7) is 6.37. The molecule has 4 heterocycles. The molecule has 0 radical (unpaired) electrons. The molecule has 0 unspecified atom stereocenters. The van der Waals surface area contributed by atoms with Gasteiger partial charge in [0, 0.05) is 72.9 Å². The maximum absolute atomic E-state index is 14.1. The molecule has 0 spiro atoms. The summed E-state index contributed by atoms with van der Waals surface area (Å²) in [5, 5.41) is 0.266. The predicted molar refractivity (Wildman–Crippen MR) is 192 cm³/mol. The quantitative estimate of drug-likeness (QED) is 0.134. The molecule has 7 rings (SSSR count). The third-order valence-electron chi connectivity index (χ3n) is 10.4. The molecular formula is C40H46BrF2N3O6. The number of halogens is 3. The van der Waals surface area contributed by atoms with Crippen LogP contribution in [0.3, 0.4) is 0 Å². The molecule has 12 heteroatoms. The van der Waals surface area contributed by atoms with E-state index in [1.165, 1.54) is 25.3 Å². The van der Waals surface area contributed by atoms with Crippen LogP contribution in [-0.4, -0.2) is 74.3 Å². The van der Waals surface area contributed by atoms with E-state index in [2.05, 4.69) is 0 Å². The average Bonchev–Trinajstić information content (AvgIpc) is 3.12. The Labute approximate surface area is 313 Å². The smallest absolute Gasteiger partial charge is 0.263 e. The molecule has 3 aliphatic rings. The van der Waals surface area contributed by atoms with Crippen LogP contribution in [0.25, 0.3) is 16.6 Å². The number of ether oxygens (including phenoxy) is 3. The molecule has 3 fully saturated rings. The number of piperidine rings is 3. The number of quaternary nitrogens is 1. The van der Waals surface area contributed by atoms with Crippen LogP contribution in [-0.2, 0) is 4.79 Å². The van der Waals surface area contributed by atoms with E-state index in [1.807, 2.05) is 0 Å². The maximum atomic E-state index is 14.1. The largest absolute Gasteiger partial charge is 1.00 e.